The van der Waals surface area contributed by atoms with Crippen LogP contribution in [0.2, 0.25) is 10.0 Å². The van der Waals surface area contributed by atoms with Gasteiger partial charge in [-0.1, -0.05) is 23.2 Å². The molecule has 1 amide bonds. The molecule has 0 saturated carbocycles. The highest BCUT2D eigenvalue weighted by molar-refractivity contribution is 7.89. The third kappa shape index (κ3) is 5.24. The lowest BCUT2D eigenvalue weighted by Crippen LogP contribution is -2.63. The van der Waals surface area contributed by atoms with E-state index in [-0.39, 0.29) is 17.2 Å². The van der Waals surface area contributed by atoms with E-state index in [1.807, 2.05) is 0 Å². The summed E-state index contributed by atoms with van der Waals surface area (Å²) in [5, 5.41) is 3.80. The number of piperidine rings is 1. The number of amides is 1. The molecule has 0 radical (unpaired) electrons. The fourth-order valence-electron chi connectivity index (χ4n) is 4.02. The third-order valence-corrected chi connectivity index (χ3v) is 8.28. The van der Waals surface area contributed by atoms with Gasteiger partial charge in [0.1, 0.15) is 0 Å². The van der Waals surface area contributed by atoms with Crippen LogP contribution in [0.1, 0.15) is 30.1 Å². The average Bonchev–Trinajstić information content (AvgIpc) is 2.73. The highest BCUT2D eigenvalue weighted by Gasteiger charge is 2.42. The van der Waals surface area contributed by atoms with Gasteiger partial charge >= 0.3 is 0 Å². The second-order valence-electron chi connectivity index (χ2n) is 7.43. The molecule has 29 heavy (non-hydrogen) atoms. The monoisotopic (exact) mass is 463 g/mol. The first kappa shape index (κ1) is 22.8. The van der Waals surface area contributed by atoms with Gasteiger partial charge in [-0.3, -0.25) is 9.69 Å². The molecule has 0 bridgehead atoms. The van der Waals surface area contributed by atoms with Gasteiger partial charge in [-0.25, -0.2) is 12.7 Å². The summed E-state index contributed by atoms with van der Waals surface area (Å²) in [4.78, 5) is 15.1. The van der Waals surface area contributed by atoms with E-state index in [1.165, 1.54) is 0 Å². The Morgan fingerprint density at radius 1 is 1.17 bits per heavy atom. The summed E-state index contributed by atoms with van der Waals surface area (Å²) in [6.45, 7) is 5.78. The number of benzene rings is 1. The van der Waals surface area contributed by atoms with Gasteiger partial charge in [-0.2, -0.15) is 0 Å². The first-order valence-corrected chi connectivity index (χ1v) is 12.2. The fourth-order valence-corrected chi connectivity index (χ4v) is 5.62. The molecule has 0 spiro atoms. The zero-order valence-corrected chi connectivity index (χ0v) is 18.8. The Morgan fingerprint density at radius 3 is 2.41 bits per heavy atom. The number of hydrogen-bond acceptors (Lipinski definition) is 5. The van der Waals surface area contributed by atoms with Crippen LogP contribution in [0.3, 0.4) is 0 Å². The van der Waals surface area contributed by atoms with E-state index in [0.29, 0.717) is 61.3 Å². The van der Waals surface area contributed by atoms with Gasteiger partial charge < -0.3 is 10.1 Å². The summed E-state index contributed by atoms with van der Waals surface area (Å²) in [7, 11) is -3.21. The van der Waals surface area contributed by atoms with Gasteiger partial charge in [0.05, 0.1) is 29.6 Å². The Balaban J connectivity index is 1.73. The van der Waals surface area contributed by atoms with Crippen molar-refractivity contribution in [2.45, 2.75) is 25.3 Å². The van der Waals surface area contributed by atoms with Crippen molar-refractivity contribution in [1.82, 2.24) is 14.5 Å². The Labute approximate surface area is 182 Å². The maximum Gasteiger partial charge on any atom is 0.252 e. The van der Waals surface area contributed by atoms with Crippen LogP contribution in [0.4, 0.5) is 0 Å². The number of nitrogens with one attached hydrogen (secondary N) is 1. The first-order valence-electron chi connectivity index (χ1n) is 9.81. The lowest BCUT2D eigenvalue weighted by Gasteiger charge is -2.49. The van der Waals surface area contributed by atoms with E-state index in [2.05, 4.69) is 10.2 Å². The van der Waals surface area contributed by atoms with Crippen LogP contribution in [-0.2, 0) is 14.8 Å². The predicted molar refractivity (Wildman–Crippen MR) is 114 cm³/mol. The molecule has 1 N–H and O–H groups in total. The molecule has 1 aromatic carbocycles. The van der Waals surface area contributed by atoms with Gasteiger partial charge in [-0.05, 0) is 38.0 Å². The lowest BCUT2D eigenvalue weighted by atomic mass is 9.85. The fraction of sp³-hybridized carbons (Fsp3) is 0.632. The molecule has 0 aromatic heterocycles. The highest BCUT2D eigenvalue weighted by atomic mass is 35.5. The summed E-state index contributed by atoms with van der Waals surface area (Å²) < 4.78 is 31.6. The van der Waals surface area contributed by atoms with E-state index in [0.717, 1.165) is 13.1 Å². The van der Waals surface area contributed by atoms with Gasteiger partial charge in [0.2, 0.25) is 10.0 Å². The van der Waals surface area contributed by atoms with Crippen LogP contribution in [0, 0.1) is 0 Å². The average molecular weight is 464 g/mol. The van der Waals surface area contributed by atoms with Gasteiger partial charge in [0.15, 0.2) is 0 Å². The highest BCUT2D eigenvalue weighted by Crippen LogP contribution is 2.31. The smallest absolute Gasteiger partial charge is 0.252 e. The summed E-state index contributed by atoms with van der Waals surface area (Å²) in [6.07, 6.45) is 1.31. The molecule has 0 aliphatic carbocycles. The molecule has 3 rings (SSSR count). The second kappa shape index (κ2) is 9.49. The zero-order chi connectivity index (χ0) is 21.1. The van der Waals surface area contributed by atoms with E-state index >= 15 is 0 Å². The lowest BCUT2D eigenvalue weighted by molar-refractivity contribution is -0.0395. The number of morpholine rings is 1. The van der Waals surface area contributed by atoms with Crippen LogP contribution < -0.4 is 5.32 Å². The minimum Gasteiger partial charge on any atom is -0.379 e. The summed E-state index contributed by atoms with van der Waals surface area (Å²) in [6, 6.07) is 4.79. The summed E-state index contributed by atoms with van der Waals surface area (Å²) in [5.41, 5.74) is 0.0668. The molecule has 0 unspecified atom stereocenters. The number of carbonyl (C=O) groups is 1. The van der Waals surface area contributed by atoms with Crippen molar-refractivity contribution in [3.8, 4) is 0 Å². The van der Waals surface area contributed by atoms with Crippen molar-refractivity contribution in [3.63, 3.8) is 0 Å². The van der Waals surface area contributed by atoms with Crippen LogP contribution in [0.5, 0.6) is 0 Å². The number of hydrogen-bond donors (Lipinski definition) is 1. The zero-order valence-electron chi connectivity index (χ0n) is 16.5. The van der Waals surface area contributed by atoms with Crippen LogP contribution in [0.25, 0.3) is 0 Å². The molecular weight excluding hydrogens is 437 g/mol. The van der Waals surface area contributed by atoms with Crippen molar-refractivity contribution in [3.05, 3.63) is 33.8 Å². The van der Waals surface area contributed by atoms with Crippen LogP contribution in [0.15, 0.2) is 18.2 Å². The first-order chi connectivity index (χ1) is 13.8. The normalized spacial score (nSPS) is 21.1. The molecule has 7 nitrogen and oxygen atoms in total. The Bertz CT molecular complexity index is 836. The Morgan fingerprint density at radius 2 is 1.83 bits per heavy atom. The number of rotatable bonds is 6. The molecule has 2 aliphatic rings. The third-order valence-electron chi connectivity index (χ3n) is 5.85. The van der Waals surface area contributed by atoms with Gasteiger partial charge in [0, 0.05) is 43.3 Å². The van der Waals surface area contributed by atoms with Gasteiger partial charge in [-0.15, -0.1) is 0 Å². The minimum absolute atomic E-state index is 0.101. The minimum atomic E-state index is -3.21. The largest absolute Gasteiger partial charge is 0.379 e. The molecule has 10 heteroatoms. The second-order valence-corrected chi connectivity index (χ2v) is 10.5. The van der Waals surface area contributed by atoms with E-state index in [9.17, 15) is 13.2 Å². The summed E-state index contributed by atoms with van der Waals surface area (Å²) in [5.74, 6) is -0.161. The molecular formula is C19H27Cl2N3O4S. The molecule has 0 atom stereocenters. The van der Waals surface area contributed by atoms with Crippen molar-refractivity contribution >= 4 is 39.1 Å². The Hall–Kier alpha value is -0.900. The number of ether oxygens (including phenoxy) is 1. The maximum absolute atomic E-state index is 12.7. The molecule has 2 fully saturated rings. The van der Waals surface area contributed by atoms with Crippen molar-refractivity contribution in [1.29, 1.82) is 0 Å². The molecule has 162 valence electrons. The number of halogens is 2. The molecule has 2 aliphatic heterocycles. The quantitative estimate of drug-likeness (QED) is 0.699. The van der Waals surface area contributed by atoms with Crippen molar-refractivity contribution in [2.24, 2.45) is 0 Å². The molecule has 2 heterocycles. The van der Waals surface area contributed by atoms with Crippen LogP contribution in [-0.4, -0.2) is 80.8 Å². The van der Waals surface area contributed by atoms with Crippen molar-refractivity contribution in [2.75, 3.05) is 51.7 Å². The maximum atomic E-state index is 12.7. The van der Waals surface area contributed by atoms with E-state index in [4.69, 9.17) is 27.9 Å². The number of nitrogens with zero attached hydrogens (tertiary/aromatic N) is 2. The van der Waals surface area contributed by atoms with Crippen molar-refractivity contribution < 1.29 is 17.9 Å². The van der Waals surface area contributed by atoms with Crippen LogP contribution >= 0.6 is 23.2 Å². The standard InChI is InChI=1S/C19H27Cl2N3O4S/c1-2-29(26,27)24-7-5-19(6-8-24,23-9-11-28-12-10-23)14-22-18(25)16-4-3-15(20)13-17(16)21/h3-4,13H,2,5-12,14H2,1H3,(H,22,25). The number of carbonyl (C=O) groups excluding carboxylic acids is 1. The predicted octanol–water partition coefficient (Wildman–Crippen LogP) is 2.24. The summed E-state index contributed by atoms with van der Waals surface area (Å²) >= 11 is 12.1. The topological polar surface area (TPSA) is 79.0 Å². The molecule has 1 aromatic rings. The number of sulfonamides is 1. The SMILES string of the molecule is CCS(=O)(=O)N1CCC(CNC(=O)c2ccc(Cl)cc2Cl)(N2CCOCC2)CC1. The van der Waals surface area contributed by atoms with Gasteiger partial charge in [0.25, 0.3) is 5.91 Å². The van der Waals surface area contributed by atoms with E-state index in [1.54, 1.807) is 29.4 Å². The molecule has 2 saturated heterocycles. The Kier molecular flexibility index (Phi) is 7.46. The van der Waals surface area contributed by atoms with E-state index < -0.39 is 10.0 Å².